The van der Waals surface area contributed by atoms with Crippen LogP contribution in [0.15, 0.2) is 0 Å². The second kappa shape index (κ2) is 9.13. The topological polar surface area (TPSA) is 56.8 Å². The molecule has 1 N–H and O–H groups in total. The van der Waals surface area contributed by atoms with Crippen molar-refractivity contribution in [1.82, 2.24) is 5.32 Å². The third kappa shape index (κ3) is 7.61. The van der Waals surface area contributed by atoms with Crippen LogP contribution in [0.1, 0.15) is 93.4 Å². The summed E-state index contributed by atoms with van der Waals surface area (Å²) in [5.74, 6) is 0.516. The van der Waals surface area contributed by atoms with E-state index in [9.17, 15) is 4.79 Å². The second-order valence-electron chi connectivity index (χ2n) is 10.3. The van der Waals surface area contributed by atoms with Gasteiger partial charge >= 0.3 is 6.09 Å². The molecule has 3 atom stereocenters. The molecule has 2 rings (SSSR count). The van der Waals surface area contributed by atoms with Gasteiger partial charge in [0, 0.05) is 0 Å². The largest absolute Gasteiger partial charge is 0.444 e. The average molecular weight is 384 g/mol. The quantitative estimate of drug-likeness (QED) is 0.666. The summed E-state index contributed by atoms with van der Waals surface area (Å²) in [4.78, 5) is 12.5. The monoisotopic (exact) mass is 383 g/mol. The summed E-state index contributed by atoms with van der Waals surface area (Å²) in [7, 11) is 0. The molecule has 0 aromatic rings. The van der Waals surface area contributed by atoms with Crippen molar-refractivity contribution in [2.24, 2.45) is 11.8 Å². The molecule has 5 nitrogen and oxygen atoms in total. The second-order valence-corrected chi connectivity index (χ2v) is 10.3. The van der Waals surface area contributed by atoms with Gasteiger partial charge in [-0.2, -0.15) is 0 Å². The number of ether oxygens (including phenoxy) is 3. The predicted molar refractivity (Wildman–Crippen MR) is 108 cm³/mol. The lowest BCUT2D eigenvalue weighted by Gasteiger charge is -2.33. The number of nitrogens with one attached hydrogen (secondary N) is 1. The van der Waals surface area contributed by atoms with Crippen molar-refractivity contribution in [3.63, 3.8) is 0 Å². The standard InChI is InChI=1S/C22H41NO4/c1-15(2)13-18-19(26-22(6,7)25-18)17(14-16-11-9-8-10-12-16)23-20(24)27-21(3,4)5/h15-19H,8-14H2,1-7H3,(H,23,24)/t17-,18+,19+/m1/s1. The minimum atomic E-state index is -0.620. The lowest BCUT2D eigenvalue weighted by Crippen LogP contribution is -2.50. The van der Waals surface area contributed by atoms with E-state index in [1.807, 2.05) is 34.6 Å². The summed E-state index contributed by atoms with van der Waals surface area (Å²) in [6.07, 6.45) is 7.70. The maximum absolute atomic E-state index is 12.5. The van der Waals surface area contributed by atoms with E-state index in [1.54, 1.807) is 0 Å². The molecule has 0 unspecified atom stereocenters. The molecule has 1 saturated carbocycles. The Morgan fingerprint density at radius 2 is 1.74 bits per heavy atom. The van der Waals surface area contributed by atoms with Gasteiger partial charge in [-0.25, -0.2) is 4.79 Å². The normalized spacial score (nSPS) is 27.6. The fourth-order valence-corrected chi connectivity index (χ4v) is 4.37. The summed E-state index contributed by atoms with van der Waals surface area (Å²) in [6, 6.07) is -0.0894. The van der Waals surface area contributed by atoms with Crippen LogP contribution in [0.2, 0.25) is 0 Å². The van der Waals surface area contributed by atoms with E-state index in [2.05, 4.69) is 19.2 Å². The van der Waals surface area contributed by atoms with Crippen LogP contribution in [-0.4, -0.2) is 35.7 Å². The minimum Gasteiger partial charge on any atom is -0.444 e. The van der Waals surface area contributed by atoms with Crippen molar-refractivity contribution >= 4 is 6.09 Å². The molecule has 1 saturated heterocycles. The first-order chi connectivity index (χ1) is 12.5. The Morgan fingerprint density at radius 3 is 2.30 bits per heavy atom. The highest BCUT2D eigenvalue weighted by atomic mass is 16.8. The van der Waals surface area contributed by atoms with Gasteiger partial charge in [0.2, 0.25) is 0 Å². The van der Waals surface area contributed by atoms with E-state index in [-0.39, 0.29) is 24.3 Å². The predicted octanol–water partition coefficient (Wildman–Crippen LogP) is 5.42. The van der Waals surface area contributed by atoms with E-state index in [0.29, 0.717) is 11.8 Å². The van der Waals surface area contributed by atoms with Crippen LogP contribution in [-0.2, 0) is 14.2 Å². The summed E-state index contributed by atoms with van der Waals surface area (Å²) in [5.41, 5.74) is -0.511. The molecule has 0 bridgehead atoms. The van der Waals surface area contributed by atoms with Crippen molar-refractivity contribution in [2.45, 2.75) is 123 Å². The Hall–Kier alpha value is -0.810. The molecule has 1 aliphatic heterocycles. The highest BCUT2D eigenvalue weighted by Crippen LogP contribution is 2.36. The maximum atomic E-state index is 12.5. The molecule has 1 aliphatic carbocycles. The number of rotatable bonds is 6. The molecule has 0 aromatic carbocycles. The number of carbonyl (C=O) groups excluding carboxylic acids is 1. The van der Waals surface area contributed by atoms with E-state index in [4.69, 9.17) is 14.2 Å². The fraction of sp³-hybridized carbons (Fsp3) is 0.955. The minimum absolute atomic E-state index is 0.0106. The smallest absolute Gasteiger partial charge is 0.407 e. The van der Waals surface area contributed by atoms with Gasteiger partial charge in [-0.1, -0.05) is 46.0 Å². The fourth-order valence-electron chi connectivity index (χ4n) is 4.37. The highest BCUT2D eigenvalue weighted by Gasteiger charge is 2.46. The number of alkyl carbamates (subject to hydrolysis) is 1. The average Bonchev–Trinajstić information content (AvgIpc) is 2.79. The molecule has 27 heavy (non-hydrogen) atoms. The SMILES string of the molecule is CC(C)C[C@@H]1OC(C)(C)O[C@H]1[C@@H](CC1CCCCC1)NC(=O)OC(C)(C)C. The van der Waals surface area contributed by atoms with Crippen LogP contribution in [0.4, 0.5) is 4.79 Å². The Labute approximate surface area is 165 Å². The van der Waals surface area contributed by atoms with Crippen molar-refractivity contribution in [2.75, 3.05) is 0 Å². The van der Waals surface area contributed by atoms with Crippen molar-refractivity contribution < 1.29 is 19.0 Å². The summed E-state index contributed by atoms with van der Waals surface area (Å²) < 4.78 is 18.1. The molecular formula is C22H41NO4. The number of hydrogen-bond acceptors (Lipinski definition) is 4. The zero-order chi connectivity index (χ0) is 20.2. The first kappa shape index (κ1) is 22.5. The van der Waals surface area contributed by atoms with Crippen LogP contribution in [0.5, 0.6) is 0 Å². The number of hydrogen-bond donors (Lipinski definition) is 1. The molecular weight excluding hydrogens is 342 g/mol. The van der Waals surface area contributed by atoms with Crippen LogP contribution in [0.25, 0.3) is 0 Å². The Kier molecular flexibility index (Phi) is 7.60. The van der Waals surface area contributed by atoms with E-state index < -0.39 is 11.4 Å². The first-order valence-electron chi connectivity index (χ1n) is 10.8. The maximum Gasteiger partial charge on any atom is 0.407 e. The Morgan fingerprint density at radius 1 is 1.11 bits per heavy atom. The molecule has 2 aliphatic rings. The number of carbonyl (C=O) groups is 1. The van der Waals surface area contributed by atoms with Gasteiger partial charge in [-0.15, -0.1) is 0 Å². The molecule has 0 radical (unpaired) electrons. The molecule has 158 valence electrons. The number of amides is 1. The van der Waals surface area contributed by atoms with Gasteiger partial charge in [0.05, 0.1) is 12.1 Å². The van der Waals surface area contributed by atoms with Crippen LogP contribution >= 0.6 is 0 Å². The van der Waals surface area contributed by atoms with Gasteiger partial charge in [0.1, 0.15) is 11.7 Å². The molecule has 0 spiro atoms. The van der Waals surface area contributed by atoms with E-state index in [0.717, 1.165) is 12.8 Å². The van der Waals surface area contributed by atoms with E-state index in [1.165, 1.54) is 32.1 Å². The Bertz CT molecular complexity index is 477. The third-order valence-corrected chi connectivity index (χ3v) is 5.34. The van der Waals surface area contributed by atoms with Crippen molar-refractivity contribution in [3.8, 4) is 0 Å². The van der Waals surface area contributed by atoms with E-state index >= 15 is 0 Å². The summed E-state index contributed by atoms with van der Waals surface area (Å²) >= 11 is 0. The van der Waals surface area contributed by atoms with Crippen molar-refractivity contribution in [1.29, 1.82) is 0 Å². The van der Waals surface area contributed by atoms with Gasteiger partial charge in [-0.3, -0.25) is 0 Å². The molecule has 5 heteroatoms. The van der Waals surface area contributed by atoms with Gasteiger partial charge in [0.25, 0.3) is 0 Å². The summed E-state index contributed by atoms with van der Waals surface area (Å²) in [6.45, 7) is 14.0. The van der Waals surface area contributed by atoms with Crippen molar-refractivity contribution in [3.05, 3.63) is 0 Å². The van der Waals surface area contributed by atoms with Gasteiger partial charge in [0.15, 0.2) is 5.79 Å². The third-order valence-electron chi connectivity index (χ3n) is 5.34. The summed E-state index contributed by atoms with van der Waals surface area (Å²) in [5, 5.41) is 3.14. The molecule has 1 heterocycles. The lowest BCUT2D eigenvalue weighted by molar-refractivity contribution is -0.149. The molecule has 2 fully saturated rings. The zero-order valence-electron chi connectivity index (χ0n) is 18.5. The molecule has 0 aromatic heterocycles. The van der Waals surface area contributed by atoms with Gasteiger partial charge in [-0.05, 0) is 59.3 Å². The van der Waals surface area contributed by atoms with Crippen LogP contribution in [0, 0.1) is 11.8 Å². The first-order valence-corrected chi connectivity index (χ1v) is 10.8. The van der Waals surface area contributed by atoms with Gasteiger partial charge < -0.3 is 19.5 Å². The van der Waals surface area contributed by atoms with Crippen LogP contribution in [0.3, 0.4) is 0 Å². The highest BCUT2D eigenvalue weighted by molar-refractivity contribution is 5.68. The molecule has 1 amide bonds. The van der Waals surface area contributed by atoms with Crippen LogP contribution < -0.4 is 5.32 Å². The Balaban J connectivity index is 2.14. The lowest BCUT2D eigenvalue weighted by atomic mass is 9.82. The zero-order valence-corrected chi connectivity index (χ0v) is 18.5.